The number of carbonyl (C=O) groups is 3. The number of carboxylic acids is 2. The van der Waals surface area contributed by atoms with Crippen molar-refractivity contribution in [3.8, 4) is 0 Å². The first kappa shape index (κ1) is 23.3. The summed E-state index contributed by atoms with van der Waals surface area (Å²) >= 11 is 0. The SMILES string of the molecule is CC(=O)O.COC(=O)OC.[CH2]C(CC)CCCC(=O)O. The number of methoxy groups -OCH3 is 2. The summed E-state index contributed by atoms with van der Waals surface area (Å²) in [5.41, 5.74) is 0. The number of carbonyl (C=O) groups excluding carboxylic acids is 1. The van der Waals surface area contributed by atoms with Crippen LogP contribution in [0, 0.1) is 12.8 Å². The number of aliphatic carboxylic acids is 2. The summed E-state index contributed by atoms with van der Waals surface area (Å²) in [5.74, 6) is -1.11. The Morgan fingerprint density at radius 3 is 1.75 bits per heavy atom. The van der Waals surface area contributed by atoms with Gasteiger partial charge in [0.25, 0.3) is 5.97 Å². The molecule has 1 atom stereocenters. The molecule has 0 amide bonds. The summed E-state index contributed by atoms with van der Waals surface area (Å²) in [7, 11) is 2.51. The average Bonchev–Trinajstić information content (AvgIpc) is 2.37. The van der Waals surface area contributed by atoms with Gasteiger partial charge in [0.2, 0.25) is 0 Å². The lowest BCUT2D eigenvalue weighted by atomic mass is 10.0. The van der Waals surface area contributed by atoms with E-state index in [9.17, 15) is 9.59 Å². The Labute approximate surface area is 119 Å². The zero-order valence-corrected chi connectivity index (χ0v) is 12.5. The van der Waals surface area contributed by atoms with Gasteiger partial charge in [-0.1, -0.05) is 20.3 Å². The van der Waals surface area contributed by atoms with Crippen LogP contribution in [-0.4, -0.2) is 42.5 Å². The van der Waals surface area contributed by atoms with Crippen LogP contribution in [-0.2, 0) is 19.1 Å². The molecule has 7 heteroatoms. The monoisotopic (exact) mass is 293 g/mol. The number of hydrogen-bond donors (Lipinski definition) is 2. The minimum atomic E-state index is -0.833. The zero-order chi connectivity index (χ0) is 16.6. The summed E-state index contributed by atoms with van der Waals surface area (Å²) in [6.45, 7) is 7.01. The maximum Gasteiger partial charge on any atom is 0.507 e. The van der Waals surface area contributed by atoms with Gasteiger partial charge in [0, 0.05) is 13.3 Å². The number of rotatable bonds is 5. The highest BCUT2D eigenvalue weighted by Crippen LogP contribution is 2.09. The quantitative estimate of drug-likeness (QED) is 0.749. The molecule has 1 radical (unpaired) electrons. The van der Waals surface area contributed by atoms with Gasteiger partial charge in [0.1, 0.15) is 0 Å². The van der Waals surface area contributed by atoms with Crippen LogP contribution in [0.4, 0.5) is 4.79 Å². The molecule has 0 fully saturated rings. The van der Waals surface area contributed by atoms with E-state index >= 15 is 0 Å². The second-order valence-corrected chi connectivity index (χ2v) is 3.74. The van der Waals surface area contributed by atoms with Crippen molar-refractivity contribution in [1.29, 1.82) is 0 Å². The Balaban J connectivity index is -0.000000246. The molecule has 119 valence electrons. The lowest BCUT2D eigenvalue weighted by Gasteiger charge is -2.04. The number of carboxylic acid groups (broad SMARTS) is 2. The Morgan fingerprint density at radius 2 is 1.55 bits per heavy atom. The summed E-state index contributed by atoms with van der Waals surface area (Å²) in [6, 6.07) is 0. The first-order valence-electron chi connectivity index (χ1n) is 6.07. The third-order valence-corrected chi connectivity index (χ3v) is 1.91. The Bertz CT molecular complexity index is 253. The van der Waals surface area contributed by atoms with Crippen LogP contribution in [0.3, 0.4) is 0 Å². The van der Waals surface area contributed by atoms with Gasteiger partial charge in [-0.15, -0.1) is 0 Å². The summed E-state index contributed by atoms with van der Waals surface area (Å²) in [5, 5.41) is 15.7. The van der Waals surface area contributed by atoms with Crippen molar-refractivity contribution in [3.63, 3.8) is 0 Å². The second-order valence-electron chi connectivity index (χ2n) is 3.74. The van der Waals surface area contributed by atoms with Crippen LogP contribution in [0.2, 0.25) is 0 Å². The van der Waals surface area contributed by atoms with Gasteiger partial charge >= 0.3 is 12.1 Å². The number of ether oxygens (including phenoxy) is 2. The van der Waals surface area contributed by atoms with Gasteiger partial charge in [-0.2, -0.15) is 0 Å². The van der Waals surface area contributed by atoms with Gasteiger partial charge in [-0.3, -0.25) is 9.59 Å². The summed E-state index contributed by atoms with van der Waals surface area (Å²) < 4.78 is 8.08. The van der Waals surface area contributed by atoms with E-state index in [1.54, 1.807) is 0 Å². The Kier molecular flexibility index (Phi) is 20.1. The molecular weight excluding hydrogens is 268 g/mol. The van der Waals surface area contributed by atoms with Crippen molar-refractivity contribution >= 4 is 18.1 Å². The molecule has 0 spiro atoms. The molecule has 0 aliphatic carbocycles. The highest BCUT2D eigenvalue weighted by molar-refractivity contribution is 5.66. The van der Waals surface area contributed by atoms with Crippen molar-refractivity contribution in [2.24, 2.45) is 5.92 Å². The van der Waals surface area contributed by atoms with Crippen molar-refractivity contribution in [1.82, 2.24) is 0 Å². The maximum absolute atomic E-state index is 10.0. The second kappa shape index (κ2) is 17.2. The van der Waals surface area contributed by atoms with Gasteiger partial charge in [0.05, 0.1) is 14.2 Å². The smallest absolute Gasteiger partial charge is 0.481 e. The third-order valence-electron chi connectivity index (χ3n) is 1.91. The van der Waals surface area contributed by atoms with Crippen LogP contribution in [0.15, 0.2) is 0 Å². The molecule has 2 N–H and O–H groups in total. The Morgan fingerprint density at radius 1 is 1.15 bits per heavy atom. The molecule has 0 aliphatic heterocycles. The van der Waals surface area contributed by atoms with E-state index in [0.29, 0.717) is 5.92 Å². The lowest BCUT2D eigenvalue weighted by molar-refractivity contribution is -0.137. The molecule has 0 saturated heterocycles. The van der Waals surface area contributed by atoms with Crippen LogP contribution in [0.25, 0.3) is 0 Å². The largest absolute Gasteiger partial charge is 0.507 e. The van der Waals surface area contributed by atoms with Gasteiger partial charge in [-0.25, -0.2) is 4.79 Å². The molecular formula is C13H25O7. The summed E-state index contributed by atoms with van der Waals surface area (Å²) in [4.78, 5) is 28.8. The van der Waals surface area contributed by atoms with Crippen molar-refractivity contribution in [2.45, 2.75) is 39.5 Å². The van der Waals surface area contributed by atoms with Crippen molar-refractivity contribution < 1.29 is 34.1 Å². The fourth-order valence-corrected chi connectivity index (χ4v) is 0.829. The zero-order valence-electron chi connectivity index (χ0n) is 12.5. The third kappa shape index (κ3) is 36.0. The van der Waals surface area contributed by atoms with Crippen molar-refractivity contribution in [2.75, 3.05) is 14.2 Å². The van der Waals surface area contributed by atoms with Crippen LogP contribution in [0.1, 0.15) is 39.5 Å². The van der Waals surface area contributed by atoms with Crippen LogP contribution >= 0.6 is 0 Å². The fraction of sp³-hybridized carbons (Fsp3) is 0.692. The molecule has 0 aromatic rings. The molecule has 0 aromatic heterocycles. The van der Waals surface area contributed by atoms with E-state index in [-0.39, 0.29) is 6.42 Å². The Hall–Kier alpha value is -1.79. The number of hydrogen-bond acceptors (Lipinski definition) is 5. The topological polar surface area (TPSA) is 110 Å². The van der Waals surface area contributed by atoms with E-state index in [1.807, 2.05) is 0 Å². The van der Waals surface area contributed by atoms with Crippen LogP contribution < -0.4 is 0 Å². The van der Waals surface area contributed by atoms with Crippen molar-refractivity contribution in [3.05, 3.63) is 6.92 Å². The highest BCUT2D eigenvalue weighted by Gasteiger charge is 2.00. The highest BCUT2D eigenvalue weighted by atomic mass is 16.7. The van der Waals surface area contributed by atoms with E-state index in [4.69, 9.17) is 15.0 Å². The molecule has 0 aliphatic rings. The van der Waals surface area contributed by atoms with Gasteiger partial charge < -0.3 is 19.7 Å². The minimum absolute atomic E-state index is 0.284. The van der Waals surface area contributed by atoms with E-state index in [2.05, 4.69) is 23.3 Å². The molecule has 20 heavy (non-hydrogen) atoms. The predicted molar refractivity (Wildman–Crippen MR) is 73.3 cm³/mol. The molecule has 1 unspecified atom stereocenters. The van der Waals surface area contributed by atoms with E-state index in [1.165, 1.54) is 14.2 Å². The lowest BCUT2D eigenvalue weighted by Crippen LogP contribution is -1.97. The molecule has 0 rings (SSSR count). The normalized spacial score (nSPS) is 9.85. The molecule has 0 heterocycles. The first-order valence-corrected chi connectivity index (χ1v) is 6.07. The first-order chi connectivity index (χ1) is 9.20. The molecule has 0 aromatic carbocycles. The van der Waals surface area contributed by atoms with E-state index < -0.39 is 18.1 Å². The molecule has 7 nitrogen and oxygen atoms in total. The van der Waals surface area contributed by atoms with Gasteiger partial charge in [0.15, 0.2) is 0 Å². The average molecular weight is 293 g/mol. The standard InChI is InChI=1S/C8H15O2.C3H6O3.C2H4O2/c1-3-7(2)5-4-6-8(9)10;1-5-3(4)6-2;1-2(3)4/h7H,2-6H2,1H3,(H,9,10);1-2H3;1H3,(H,3,4). The maximum atomic E-state index is 10.0. The fourth-order valence-electron chi connectivity index (χ4n) is 0.829. The molecule has 0 saturated carbocycles. The summed E-state index contributed by atoms with van der Waals surface area (Å²) in [6.07, 6.45) is 2.36. The molecule has 0 bridgehead atoms. The minimum Gasteiger partial charge on any atom is -0.481 e. The van der Waals surface area contributed by atoms with E-state index in [0.717, 1.165) is 26.2 Å². The van der Waals surface area contributed by atoms with Crippen LogP contribution in [0.5, 0.6) is 0 Å². The van der Waals surface area contributed by atoms with Gasteiger partial charge in [-0.05, 0) is 18.8 Å². The predicted octanol–water partition coefficient (Wildman–Crippen LogP) is 2.59.